The van der Waals surface area contributed by atoms with Crippen molar-refractivity contribution in [2.24, 2.45) is 0 Å². The van der Waals surface area contributed by atoms with Gasteiger partial charge in [-0.2, -0.15) is 4.98 Å². The molecule has 2 aromatic heterocycles. The fourth-order valence-corrected chi connectivity index (χ4v) is 2.08. The Balaban J connectivity index is 2.11. The van der Waals surface area contributed by atoms with Crippen LogP contribution < -0.4 is 5.73 Å². The maximum absolute atomic E-state index is 5.67. The van der Waals surface area contributed by atoms with Crippen molar-refractivity contribution < 1.29 is 0 Å². The molecule has 0 saturated carbocycles. The summed E-state index contributed by atoms with van der Waals surface area (Å²) in [6, 6.07) is 10.2. The molecule has 0 bridgehead atoms. The van der Waals surface area contributed by atoms with Crippen molar-refractivity contribution in [3.8, 4) is 11.3 Å². The van der Waals surface area contributed by atoms with Gasteiger partial charge in [0.25, 0.3) is 0 Å². The van der Waals surface area contributed by atoms with Crippen LogP contribution in [-0.2, 0) is 0 Å². The number of hydrogen-bond donors (Lipinski definition) is 1. The van der Waals surface area contributed by atoms with Gasteiger partial charge in [0.05, 0.1) is 5.69 Å². The predicted octanol–water partition coefficient (Wildman–Crippen LogP) is 3.10. The molecule has 0 aliphatic carbocycles. The molecule has 1 aromatic carbocycles. The van der Waals surface area contributed by atoms with Gasteiger partial charge in [0, 0.05) is 18.0 Å². The fourth-order valence-electron chi connectivity index (χ4n) is 2.08. The van der Waals surface area contributed by atoms with Gasteiger partial charge in [-0.3, -0.25) is 4.40 Å². The van der Waals surface area contributed by atoms with Crippen molar-refractivity contribution in [1.82, 2.24) is 14.4 Å². The smallest absolute Gasteiger partial charge is 0.236 e. The molecule has 2 heterocycles. The summed E-state index contributed by atoms with van der Waals surface area (Å²) in [7, 11) is 0. The molecule has 96 valence electrons. The number of imidazole rings is 1. The van der Waals surface area contributed by atoms with E-state index in [-0.39, 0.29) is 0 Å². The Kier molecular flexibility index (Phi) is 2.71. The van der Waals surface area contributed by atoms with Gasteiger partial charge in [0.2, 0.25) is 5.78 Å². The number of aromatic nitrogens is 3. The molecule has 19 heavy (non-hydrogen) atoms. The molecule has 0 spiro atoms. The van der Waals surface area contributed by atoms with Crippen LogP contribution in [0.15, 0.2) is 42.7 Å². The minimum absolute atomic E-state index is 0.487. The maximum atomic E-state index is 5.67. The number of hydrogen-bond acceptors (Lipinski definition) is 3. The molecule has 0 radical (unpaired) electrons. The molecule has 0 aliphatic rings. The van der Waals surface area contributed by atoms with Gasteiger partial charge in [-0.15, -0.1) is 0 Å². The SMILES string of the molecule is CC(C)c1cccc(-c2cn3ccc(N)nc3n2)c1. The highest BCUT2D eigenvalue weighted by atomic mass is 15.1. The minimum atomic E-state index is 0.487. The first-order valence-corrected chi connectivity index (χ1v) is 6.35. The second kappa shape index (κ2) is 4.39. The van der Waals surface area contributed by atoms with E-state index in [1.54, 1.807) is 6.07 Å². The molecule has 0 saturated heterocycles. The molecule has 2 N–H and O–H groups in total. The van der Waals surface area contributed by atoms with Crippen LogP contribution in [0.4, 0.5) is 5.82 Å². The van der Waals surface area contributed by atoms with Crippen LogP contribution >= 0.6 is 0 Å². The summed E-state index contributed by atoms with van der Waals surface area (Å²) < 4.78 is 1.88. The van der Waals surface area contributed by atoms with Crippen molar-refractivity contribution in [3.63, 3.8) is 0 Å². The van der Waals surface area contributed by atoms with Gasteiger partial charge in [-0.25, -0.2) is 4.98 Å². The molecular weight excluding hydrogens is 236 g/mol. The summed E-state index contributed by atoms with van der Waals surface area (Å²) in [5.41, 5.74) is 9.00. The third kappa shape index (κ3) is 2.17. The van der Waals surface area contributed by atoms with Crippen molar-refractivity contribution in [2.75, 3.05) is 5.73 Å². The van der Waals surface area contributed by atoms with E-state index in [4.69, 9.17) is 5.73 Å². The highest BCUT2D eigenvalue weighted by Gasteiger charge is 2.07. The van der Waals surface area contributed by atoms with Gasteiger partial charge in [0.1, 0.15) is 5.82 Å². The van der Waals surface area contributed by atoms with Gasteiger partial charge in [0.15, 0.2) is 0 Å². The van der Waals surface area contributed by atoms with Crippen LogP contribution in [-0.4, -0.2) is 14.4 Å². The highest BCUT2D eigenvalue weighted by Crippen LogP contribution is 2.23. The number of benzene rings is 1. The Labute approximate surface area is 111 Å². The van der Waals surface area contributed by atoms with E-state index in [1.807, 2.05) is 16.8 Å². The van der Waals surface area contributed by atoms with Crippen LogP contribution in [0.1, 0.15) is 25.3 Å². The largest absolute Gasteiger partial charge is 0.384 e. The first-order valence-electron chi connectivity index (χ1n) is 6.35. The van der Waals surface area contributed by atoms with Gasteiger partial charge >= 0.3 is 0 Å². The molecule has 3 rings (SSSR count). The number of nitrogen functional groups attached to an aromatic ring is 1. The Bertz CT molecular complexity index is 728. The van der Waals surface area contributed by atoms with Gasteiger partial charge in [-0.1, -0.05) is 32.0 Å². The number of fused-ring (bicyclic) bond motifs is 1. The van der Waals surface area contributed by atoms with Crippen molar-refractivity contribution in [2.45, 2.75) is 19.8 Å². The zero-order valence-electron chi connectivity index (χ0n) is 11.0. The fraction of sp³-hybridized carbons (Fsp3) is 0.200. The third-order valence-electron chi connectivity index (χ3n) is 3.20. The number of anilines is 1. The molecule has 0 unspecified atom stereocenters. The predicted molar refractivity (Wildman–Crippen MR) is 76.9 cm³/mol. The first-order chi connectivity index (χ1) is 9.13. The summed E-state index contributed by atoms with van der Waals surface area (Å²) in [4.78, 5) is 8.73. The Hall–Kier alpha value is -2.36. The molecule has 0 atom stereocenters. The quantitative estimate of drug-likeness (QED) is 0.762. The minimum Gasteiger partial charge on any atom is -0.384 e. The standard InChI is InChI=1S/C15H16N4/c1-10(2)11-4-3-5-12(8-11)13-9-19-7-6-14(16)18-15(19)17-13/h3-10H,1-2H3,(H2,16,17,18). The maximum Gasteiger partial charge on any atom is 0.236 e. The van der Waals surface area contributed by atoms with E-state index < -0.39 is 0 Å². The average Bonchev–Trinajstić information content (AvgIpc) is 2.81. The Morgan fingerprint density at radius 3 is 2.79 bits per heavy atom. The van der Waals surface area contributed by atoms with E-state index in [2.05, 4.69) is 48.1 Å². The number of nitrogens with zero attached hydrogens (tertiary/aromatic N) is 3. The Morgan fingerprint density at radius 2 is 2.00 bits per heavy atom. The third-order valence-corrected chi connectivity index (χ3v) is 3.20. The molecule has 0 fully saturated rings. The van der Waals surface area contributed by atoms with Gasteiger partial charge in [-0.05, 0) is 23.6 Å². The zero-order valence-corrected chi connectivity index (χ0v) is 11.0. The number of nitrogens with two attached hydrogens (primary N) is 1. The molecular formula is C15H16N4. The van der Waals surface area contributed by atoms with E-state index in [0.29, 0.717) is 17.5 Å². The lowest BCUT2D eigenvalue weighted by Gasteiger charge is -2.06. The summed E-state index contributed by atoms with van der Waals surface area (Å²) >= 11 is 0. The lowest BCUT2D eigenvalue weighted by molar-refractivity contribution is 0.867. The molecule has 0 amide bonds. The second-order valence-electron chi connectivity index (χ2n) is 4.97. The summed E-state index contributed by atoms with van der Waals surface area (Å²) in [6.07, 6.45) is 3.85. The highest BCUT2D eigenvalue weighted by molar-refractivity contribution is 5.62. The summed E-state index contributed by atoms with van der Waals surface area (Å²) in [6.45, 7) is 4.37. The Morgan fingerprint density at radius 1 is 1.16 bits per heavy atom. The normalized spacial score (nSPS) is 11.3. The van der Waals surface area contributed by atoms with Crippen LogP contribution in [0.25, 0.3) is 17.0 Å². The second-order valence-corrected chi connectivity index (χ2v) is 4.97. The van der Waals surface area contributed by atoms with E-state index in [1.165, 1.54) is 5.56 Å². The van der Waals surface area contributed by atoms with E-state index >= 15 is 0 Å². The van der Waals surface area contributed by atoms with Gasteiger partial charge < -0.3 is 5.73 Å². The first kappa shape index (κ1) is 11.7. The molecule has 3 aromatic rings. The van der Waals surface area contributed by atoms with E-state index in [9.17, 15) is 0 Å². The van der Waals surface area contributed by atoms with Crippen LogP contribution in [0.5, 0.6) is 0 Å². The lowest BCUT2D eigenvalue weighted by Crippen LogP contribution is -1.93. The van der Waals surface area contributed by atoms with Crippen LogP contribution in [0.2, 0.25) is 0 Å². The topological polar surface area (TPSA) is 56.2 Å². The molecule has 4 heteroatoms. The van der Waals surface area contributed by atoms with E-state index in [0.717, 1.165) is 11.3 Å². The van der Waals surface area contributed by atoms with Crippen molar-refractivity contribution >= 4 is 11.6 Å². The van der Waals surface area contributed by atoms with Crippen LogP contribution in [0, 0.1) is 0 Å². The van der Waals surface area contributed by atoms with Crippen molar-refractivity contribution in [3.05, 3.63) is 48.3 Å². The lowest BCUT2D eigenvalue weighted by atomic mass is 10.00. The number of rotatable bonds is 2. The summed E-state index contributed by atoms with van der Waals surface area (Å²) in [5, 5.41) is 0. The molecule has 0 aliphatic heterocycles. The van der Waals surface area contributed by atoms with Crippen LogP contribution in [0.3, 0.4) is 0 Å². The zero-order chi connectivity index (χ0) is 13.4. The average molecular weight is 252 g/mol. The molecule has 4 nitrogen and oxygen atoms in total. The summed E-state index contributed by atoms with van der Waals surface area (Å²) in [5.74, 6) is 1.62. The van der Waals surface area contributed by atoms with Crippen molar-refractivity contribution in [1.29, 1.82) is 0 Å². The monoisotopic (exact) mass is 252 g/mol.